The first-order valence-corrected chi connectivity index (χ1v) is 12.7. The van der Waals surface area contributed by atoms with E-state index in [0.29, 0.717) is 32.0 Å². The molecule has 0 saturated carbocycles. The fourth-order valence-electron chi connectivity index (χ4n) is 4.94. The second kappa shape index (κ2) is 11.9. The number of methoxy groups -OCH3 is 1. The molecule has 2 aliphatic rings. The van der Waals surface area contributed by atoms with Crippen LogP contribution >= 0.6 is 0 Å². The van der Waals surface area contributed by atoms with Gasteiger partial charge in [-0.3, -0.25) is 9.78 Å². The molecule has 1 saturated heterocycles. The van der Waals surface area contributed by atoms with Gasteiger partial charge in [-0.1, -0.05) is 17.7 Å². The van der Waals surface area contributed by atoms with Crippen LogP contribution in [0, 0.1) is 6.92 Å². The number of hydrogen-bond donors (Lipinski definition) is 1. The number of anilines is 2. The highest BCUT2D eigenvalue weighted by molar-refractivity contribution is 5.92. The van der Waals surface area contributed by atoms with E-state index < -0.39 is 0 Å². The number of hydrogen-bond acceptors (Lipinski definition) is 6. The molecule has 194 valence electrons. The Balaban J connectivity index is 1.37. The van der Waals surface area contributed by atoms with Gasteiger partial charge in [0.25, 0.3) is 0 Å². The van der Waals surface area contributed by atoms with E-state index in [1.54, 1.807) is 11.1 Å². The molecule has 1 aliphatic carbocycles. The third-order valence-corrected chi connectivity index (χ3v) is 6.79. The molecule has 8 heteroatoms. The lowest BCUT2D eigenvalue weighted by Crippen LogP contribution is -2.48. The normalized spacial score (nSPS) is 16.4. The smallest absolute Gasteiger partial charge is 0.409 e. The molecule has 8 nitrogen and oxygen atoms in total. The van der Waals surface area contributed by atoms with Crippen molar-refractivity contribution in [2.75, 3.05) is 43.5 Å². The number of pyridine rings is 2. The van der Waals surface area contributed by atoms with Gasteiger partial charge in [0.2, 0.25) is 5.91 Å². The van der Waals surface area contributed by atoms with E-state index >= 15 is 0 Å². The van der Waals surface area contributed by atoms with E-state index in [4.69, 9.17) is 4.74 Å². The molecule has 1 N–H and O–H groups in total. The van der Waals surface area contributed by atoms with Gasteiger partial charge in [0, 0.05) is 38.1 Å². The Morgan fingerprint density at radius 3 is 2.51 bits per heavy atom. The zero-order chi connectivity index (χ0) is 26.4. The molecule has 2 amide bonds. The van der Waals surface area contributed by atoms with E-state index in [1.807, 2.05) is 25.3 Å². The van der Waals surface area contributed by atoms with E-state index in [2.05, 4.69) is 58.3 Å². The predicted octanol–water partition coefficient (Wildman–Crippen LogP) is 5.14. The zero-order valence-corrected chi connectivity index (χ0v) is 22.1. The number of aryl methyl sites for hydroxylation is 1. The first-order chi connectivity index (χ1) is 17.8. The monoisotopic (exact) mass is 501 g/mol. The molecule has 0 bridgehead atoms. The van der Waals surface area contributed by atoms with Gasteiger partial charge in [-0.15, -0.1) is 0 Å². The second-order valence-electron chi connectivity index (χ2n) is 9.56. The van der Waals surface area contributed by atoms with E-state index in [1.165, 1.54) is 23.8 Å². The molecule has 1 fully saturated rings. The Bertz CT molecular complexity index is 1240. The summed E-state index contributed by atoms with van der Waals surface area (Å²) in [4.78, 5) is 37.2. The average molecular weight is 502 g/mol. The molecule has 4 rings (SSSR count). The van der Waals surface area contributed by atoms with Crippen LogP contribution in [0.1, 0.15) is 44.4 Å². The van der Waals surface area contributed by atoms with Crippen LogP contribution in [0.25, 0.3) is 5.57 Å². The highest BCUT2D eigenvalue weighted by atomic mass is 16.5. The van der Waals surface area contributed by atoms with Gasteiger partial charge in [-0.2, -0.15) is 0 Å². The van der Waals surface area contributed by atoms with Crippen molar-refractivity contribution < 1.29 is 14.3 Å². The molecule has 0 unspecified atom stereocenters. The lowest BCUT2D eigenvalue weighted by Gasteiger charge is -2.35. The number of aromatic nitrogens is 2. The van der Waals surface area contributed by atoms with Gasteiger partial charge >= 0.3 is 6.09 Å². The zero-order valence-electron chi connectivity index (χ0n) is 22.1. The number of allylic oxidation sites excluding steroid dienone is 5. The molecule has 2 aromatic heterocycles. The summed E-state index contributed by atoms with van der Waals surface area (Å²) in [7, 11) is 1.40. The van der Waals surface area contributed by atoms with E-state index in [0.717, 1.165) is 35.4 Å². The second-order valence-corrected chi connectivity index (χ2v) is 9.56. The highest BCUT2D eigenvalue weighted by Gasteiger charge is 2.22. The summed E-state index contributed by atoms with van der Waals surface area (Å²) in [6, 6.07) is 7.94. The maximum atomic E-state index is 12.9. The molecule has 0 radical (unpaired) electrons. The van der Waals surface area contributed by atoms with Crippen LogP contribution in [0.4, 0.5) is 16.3 Å². The van der Waals surface area contributed by atoms with Crippen molar-refractivity contribution in [3.05, 3.63) is 76.8 Å². The molecule has 2 aromatic rings. The van der Waals surface area contributed by atoms with Crippen LogP contribution in [0.2, 0.25) is 0 Å². The van der Waals surface area contributed by atoms with Crippen molar-refractivity contribution >= 4 is 29.1 Å². The third kappa shape index (κ3) is 6.64. The minimum absolute atomic E-state index is 0.0928. The van der Waals surface area contributed by atoms with Gasteiger partial charge in [0.05, 0.1) is 25.4 Å². The SMILES string of the molecule is COC(=O)N1CCN(c2ccc(NC(=O)CC3=CCCC(C)=C(c4ccnc(C)c4)C(C)=C3)nc2)CC1. The van der Waals surface area contributed by atoms with Crippen LogP contribution in [0.5, 0.6) is 0 Å². The summed E-state index contributed by atoms with van der Waals surface area (Å²) in [6.45, 7) is 8.91. The van der Waals surface area contributed by atoms with Crippen molar-refractivity contribution in [1.29, 1.82) is 0 Å². The minimum atomic E-state index is -0.296. The number of amides is 2. The van der Waals surface area contributed by atoms with Gasteiger partial charge in [-0.25, -0.2) is 9.78 Å². The number of nitrogens with one attached hydrogen (secondary N) is 1. The summed E-state index contributed by atoms with van der Waals surface area (Å²) in [5.74, 6) is 0.433. The van der Waals surface area contributed by atoms with Crippen molar-refractivity contribution in [2.45, 2.75) is 40.0 Å². The minimum Gasteiger partial charge on any atom is -0.453 e. The summed E-state index contributed by atoms with van der Waals surface area (Å²) >= 11 is 0. The van der Waals surface area contributed by atoms with Crippen LogP contribution in [0.3, 0.4) is 0 Å². The molecule has 37 heavy (non-hydrogen) atoms. The molecular formula is C29H35N5O3. The first-order valence-electron chi connectivity index (χ1n) is 12.7. The third-order valence-electron chi connectivity index (χ3n) is 6.79. The molecule has 0 aromatic carbocycles. The number of piperazine rings is 1. The summed E-state index contributed by atoms with van der Waals surface area (Å²) in [5.41, 5.74) is 7.86. The van der Waals surface area contributed by atoms with Crippen molar-refractivity contribution in [3.63, 3.8) is 0 Å². The Hall–Kier alpha value is -3.94. The summed E-state index contributed by atoms with van der Waals surface area (Å²) < 4.78 is 4.79. The largest absolute Gasteiger partial charge is 0.453 e. The number of nitrogens with zero attached hydrogens (tertiary/aromatic N) is 4. The maximum Gasteiger partial charge on any atom is 0.409 e. The number of carbonyl (C=O) groups is 2. The van der Waals surface area contributed by atoms with Crippen molar-refractivity contribution in [1.82, 2.24) is 14.9 Å². The molecular weight excluding hydrogens is 466 g/mol. The molecule has 0 spiro atoms. The maximum absolute atomic E-state index is 12.9. The molecule has 0 atom stereocenters. The lowest BCUT2D eigenvalue weighted by molar-refractivity contribution is -0.115. The van der Waals surface area contributed by atoms with Gasteiger partial charge < -0.3 is 19.9 Å². The quantitative estimate of drug-likeness (QED) is 0.610. The Labute approximate surface area is 218 Å². The van der Waals surface area contributed by atoms with E-state index in [-0.39, 0.29) is 18.4 Å². The predicted molar refractivity (Wildman–Crippen MR) is 146 cm³/mol. The topological polar surface area (TPSA) is 87.7 Å². The Kier molecular flexibility index (Phi) is 8.38. The lowest BCUT2D eigenvalue weighted by atomic mass is 9.88. The van der Waals surface area contributed by atoms with Gasteiger partial charge in [-0.05, 0) is 80.2 Å². The number of rotatable bonds is 5. The summed E-state index contributed by atoms with van der Waals surface area (Å²) in [6.07, 6.45) is 9.73. The highest BCUT2D eigenvalue weighted by Crippen LogP contribution is 2.32. The average Bonchev–Trinajstić information content (AvgIpc) is 2.88. The van der Waals surface area contributed by atoms with Gasteiger partial charge in [0.1, 0.15) is 5.82 Å². The van der Waals surface area contributed by atoms with Crippen molar-refractivity contribution in [2.24, 2.45) is 0 Å². The van der Waals surface area contributed by atoms with Crippen LogP contribution in [-0.4, -0.2) is 60.2 Å². The fraction of sp³-hybridized carbons (Fsp3) is 0.379. The summed E-state index contributed by atoms with van der Waals surface area (Å²) in [5, 5.41) is 2.93. The molecule has 1 aliphatic heterocycles. The number of carbonyl (C=O) groups excluding carboxylic acids is 2. The molecule has 3 heterocycles. The Morgan fingerprint density at radius 1 is 1.05 bits per heavy atom. The van der Waals surface area contributed by atoms with Crippen LogP contribution in [-0.2, 0) is 9.53 Å². The first kappa shape index (κ1) is 26.1. The van der Waals surface area contributed by atoms with Crippen LogP contribution in [0.15, 0.2) is 65.5 Å². The fourth-order valence-corrected chi connectivity index (χ4v) is 4.94. The van der Waals surface area contributed by atoms with Crippen molar-refractivity contribution in [3.8, 4) is 0 Å². The standard InChI is InChI=1S/C29H35N5O3/c1-20-6-5-7-23(16-21(2)28(20)24-10-11-30-22(3)17-24)18-27(35)32-26-9-8-25(19-31-26)33-12-14-34(15-13-33)29(36)37-4/h7-11,16-17,19H,5-6,12-15,18H2,1-4H3,(H,31,32,35). The Morgan fingerprint density at radius 2 is 1.84 bits per heavy atom. The van der Waals surface area contributed by atoms with Crippen LogP contribution < -0.4 is 10.2 Å². The van der Waals surface area contributed by atoms with Gasteiger partial charge in [0.15, 0.2) is 0 Å². The van der Waals surface area contributed by atoms with E-state index in [9.17, 15) is 9.59 Å². The number of ether oxygens (including phenoxy) is 1.